The number of rotatable bonds is 14. The van der Waals surface area contributed by atoms with Gasteiger partial charge in [-0.25, -0.2) is 4.79 Å². The molecule has 6 nitrogen and oxygen atoms in total. The van der Waals surface area contributed by atoms with Crippen molar-refractivity contribution in [3.63, 3.8) is 0 Å². The lowest BCUT2D eigenvalue weighted by Crippen LogP contribution is -2.44. The van der Waals surface area contributed by atoms with Crippen molar-refractivity contribution in [1.82, 2.24) is 10.2 Å². The maximum atomic E-state index is 13.3. The van der Waals surface area contributed by atoms with E-state index in [0.29, 0.717) is 37.1 Å². The van der Waals surface area contributed by atoms with Crippen LogP contribution in [0.3, 0.4) is 0 Å². The second-order valence-corrected chi connectivity index (χ2v) is 10.7. The Balaban J connectivity index is 1.85. The summed E-state index contributed by atoms with van der Waals surface area (Å²) in [6, 6.07) is 14.1. The number of aliphatic carboxylic acids is 1. The molecule has 38 heavy (non-hydrogen) atoms. The largest absolute Gasteiger partial charge is 0.480 e. The summed E-state index contributed by atoms with van der Waals surface area (Å²) < 4.78 is 5.89. The molecular formula is C32H46N2O4. The smallest absolute Gasteiger partial charge is 0.326 e. The average molecular weight is 523 g/mol. The molecule has 0 aromatic heterocycles. The van der Waals surface area contributed by atoms with Gasteiger partial charge in [0.2, 0.25) is 0 Å². The molecule has 1 amide bonds. The summed E-state index contributed by atoms with van der Waals surface area (Å²) in [5, 5.41) is 12.3. The predicted molar refractivity (Wildman–Crippen MR) is 154 cm³/mol. The fraction of sp³-hybridized carbons (Fsp3) is 0.562. The molecule has 1 unspecified atom stereocenters. The van der Waals surface area contributed by atoms with Crippen molar-refractivity contribution in [2.24, 2.45) is 0 Å². The van der Waals surface area contributed by atoms with Crippen molar-refractivity contribution in [2.75, 3.05) is 20.3 Å². The zero-order valence-electron chi connectivity index (χ0n) is 23.7. The Morgan fingerprint density at radius 1 is 1.05 bits per heavy atom. The van der Waals surface area contributed by atoms with E-state index in [1.807, 2.05) is 57.2 Å². The molecule has 0 bridgehead atoms. The number of carbonyl (C=O) groups excluding carboxylic acids is 1. The fourth-order valence-corrected chi connectivity index (χ4v) is 5.60. The molecule has 0 radical (unpaired) electrons. The van der Waals surface area contributed by atoms with Crippen molar-refractivity contribution in [2.45, 2.75) is 96.7 Å². The SMILES string of the molecule is CCC[C@H](NC(=O)c1ccc(CCC(COCC)N(C)C2CCCCC2)cc1-c1ccccc1C)C(=O)O. The van der Waals surface area contributed by atoms with Crippen molar-refractivity contribution >= 4 is 11.9 Å². The second-order valence-electron chi connectivity index (χ2n) is 10.7. The summed E-state index contributed by atoms with van der Waals surface area (Å²) in [4.78, 5) is 27.5. The molecule has 6 heteroatoms. The van der Waals surface area contributed by atoms with Crippen molar-refractivity contribution in [1.29, 1.82) is 0 Å². The highest BCUT2D eigenvalue weighted by Gasteiger charge is 2.25. The van der Waals surface area contributed by atoms with E-state index in [4.69, 9.17) is 4.74 Å². The third kappa shape index (κ3) is 8.15. The van der Waals surface area contributed by atoms with Crippen LogP contribution in [0.2, 0.25) is 0 Å². The predicted octanol–water partition coefficient (Wildman–Crippen LogP) is 6.25. The second kappa shape index (κ2) is 15.0. The Hall–Kier alpha value is -2.70. The molecule has 2 aromatic rings. The van der Waals surface area contributed by atoms with E-state index in [1.54, 1.807) is 0 Å². The number of nitrogens with one attached hydrogen (secondary N) is 1. The van der Waals surface area contributed by atoms with Gasteiger partial charge in [0.1, 0.15) is 6.04 Å². The van der Waals surface area contributed by atoms with Gasteiger partial charge < -0.3 is 15.2 Å². The van der Waals surface area contributed by atoms with Crippen LogP contribution in [0, 0.1) is 6.92 Å². The standard InChI is InChI=1S/C32H46N2O4/c1-5-12-30(32(36)37)33-31(35)28-20-18-24(21-29(28)27-16-11-10-13-23(27)3)17-19-26(22-38-6-2)34(4)25-14-8-7-9-15-25/h10-11,13,16,18,20-21,25-26,30H,5-9,12,14-15,17,19,22H2,1-4H3,(H,33,35)(H,36,37)/t26?,30-/m0/s1. The van der Waals surface area contributed by atoms with Crippen LogP contribution in [0.15, 0.2) is 42.5 Å². The quantitative estimate of drug-likeness (QED) is 0.307. The van der Waals surface area contributed by atoms with E-state index >= 15 is 0 Å². The summed E-state index contributed by atoms with van der Waals surface area (Å²) in [6.45, 7) is 7.44. The molecule has 2 atom stereocenters. The lowest BCUT2D eigenvalue weighted by atomic mass is 9.91. The molecular weight excluding hydrogens is 476 g/mol. The van der Waals surface area contributed by atoms with Gasteiger partial charge in [-0.1, -0.05) is 69.0 Å². The van der Waals surface area contributed by atoms with Crippen LogP contribution in [-0.4, -0.2) is 60.3 Å². The first-order chi connectivity index (χ1) is 18.3. The number of ether oxygens (including phenoxy) is 1. The number of carboxylic acids is 1. The number of aryl methyl sites for hydroxylation is 2. The lowest BCUT2D eigenvalue weighted by Gasteiger charge is -2.37. The number of benzene rings is 2. The van der Waals surface area contributed by atoms with Gasteiger partial charge in [-0.3, -0.25) is 9.69 Å². The highest BCUT2D eigenvalue weighted by molar-refractivity contribution is 6.02. The molecule has 1 aliphatic rings. The summed E-state index contributed by atoms with van der Waals surface area (Å²) in [5.74, 6) is -1.35. The number of hydrogen-bond donors (Lipinski definition) is 2. The first-order valence-electron chi connectivity index (χ1n) is 14.4. The van der Waals surface area contributed by atoms with Gasteiger partial charge in [0.25, 0.3) is 5.91 Å². The van der Waals surface area contributed by atoms with Gasteiger partial charge in [0.15, 0.2) is 0 Å². The van der Waals surface area contributed by atoms with Crippen LogP contribution in [0.1, 0.15) is 86.7 Å². The maximum Gasteiger partial charge on any atom is 0.326 e. The number of carboxylic acid groups (broad SMARTS) is 1. The van der Waals surface area contributed by atoms with Gasteiger partial charge in [-0.2, -0.15) is 0 Å². The van der Waals surface area contributed by atoms with Crippen LogP contribution in [-0.2, 0) is 16.0 Å². The summed E-state index contributed by atoms with van der Waals surface area (Å²) >= 11 is 0. The normalized spacial score (nSPS) is 15.8. The minimum absolute atomic E-state index is 0.341. The van der Waals surface area contributed by atoms with Crippen molar-refractivity contribution in [3.05, 3.63) is 59.2 Å². The van der Waals surface area contributed by atoms with Crippen LogP contribution in [0.5, 0.6) is 0 Å². The Morgan fingerprint density at radius 3 is 2.45 bits per heavy atom. The number of amides is 1. The molecule has 208 valence electrons. The molecule has 1 saturated carbocycles. The molecule has 3 rings (SSSR count). The van der Waals surface area contributed by atoms with Crippen LogP contribution in [0.4, 0.5) is 0 Å². The molecule has 1 fully saturated rings. The van der Waals surface area contributed by atoms with E-state index in [2.05, 4.69) is 23.3 Å². The van der Waals surface area contributed by atoms with Crippen molar-refractivity contribution < 1.29 is 19.4 Å². The van der Waals surface area contributed by atoms with Gasteiger partial charge >= 0.3 is 5.97 Å². The van der Waals surface area contributed by atoms with Gasteiger partial charge in [0, 0.05) is 24.3 Å². The Labute approximate surface area is 228 Å². The van der Waals surface area contributed by atoms with E-state index in [1.165, 1.54) is 37.7 Å². The number of likely N-dealkylation sites (N-methyl/N-ethyl adjacent to an activating group) is 1. The van der Waals surface area contributed by atoms with Gasteiger partial charge in [-0.15, -0.1) is 0 Å². The molecule has 0 heterocycles. The minimum Gasteiger partial charge on any atom is -0.480 e. The molecule has 0 spiro atoms. The molecule has 2 N–H and O–H groups in total. The van der Waals surface area contributed by atoms with Crippen LogP contribution >= 0.6 is 0 Å². The highest BCUT2D eigenvalue weighted by Crippen LogP contribution is 2.30. The Morgan fingerprint density at radius 2 is 1.79 bits per heavy atom. The lowest BCUT2D eigenvalue weighted by molar-refractivity contribution is -0.139. The van der Waals surface area contributed by atoms with Crippen LogP contribution in [0.25, 0.3) is 11.1 Å². The monoisotopic (exact) mass is 522 g/mol. The van der Waals surface area contributed by atoms with E-state index in [-0.39, 0.29) is 5.91 Å². The zero-order chi connectivity index (χ0) is 27.5. The zero-order valence-corrected chi connectivity index (χ0v) is 23.7. The number of nitrogens with zero attached hydrogens (tertiary/aromatic N) is 1. The Kier molecular flexibility index (Phi) is 11.8. The first-order valence-corrected chi connectivity index (χ1v) is 14.4. The Bertz CT molecular complexity index is 1050. The minimum atomic E-state index is -1.00. The number of carbonyl (C=O) groups is 2. The van der Waals surface area contributed by atoms with Gasteiger partial charge in [0.05, 0.1) is 6.61 Å². The molecule has 2 aromatic carbocycles. The van der Waals surface area contributed by atoms with Gasteiger partial charge in [-0.05, 0) is 81.3 Å². The summed E-state index contributed by atoms with van der Waals surface area (Å²) in [5.41, 5.74) is 4.60. The third-order valence-electron chi connectivity index (χ3n) is 7.95. The fourth-order valence-electron chi connectivity index (χ4n) is 5.60. The third-order valence-corrected chi connectivity index (χ3v) is 7.95. The van der Waals surface area contributed by atoms with E-state index in [9.17, 15) is 14.7 Å². The van der Waals surface area contributed by atoms with E-state index in [0.717, 1.165) is 36.1 Å². The average Bonchev–Trinajstić information content (AvgIpc) is 2.93. The van der Waals surface area contributed by atoms with E-state index < -0.39 is 12.0 Å². The summed E-state index contributed by atoms with van der Waals surface area (Å²) in [7, 11) is 2.25. The summed E-state index contributed by atoms with van der Waals surface area (Å²) in [6.07, 6.45) is 9.40. The maximum absolute atomic E-state index is 13.3. The van der Waals surface area contributed by atoms with Crippen molar-refractivity contribution in [3.8, 4) is 11.1 Å². The highest BCUT2D eigenvalue weighted by atomic mass is 16.5. The first kappa shape index (κ1) is 29.9. The molecule has 0 aliphatic heterocycles. The molecule has 1 aliphatic carbocycles. The topological polar surface area (TPSA) is 78.9 Å². The van der Waals surface area contributed by atoms with Crippen LogP contribution < -0.4 is 5.32 Å². The molecule has 0 saturated heterocycles. The number of hydrogen-bond acceptors (Lipinski definition) is 4.